The first-order chi connectivity index (χ1) is 10.2. The van der Waals surface area contributed by atoms with Crippen molar-refractivity contribution in [3.63, 3.8) is 0 Å². The molecule has 3 nitrogen and oxygen atoms in total. The third-order valence-corrected chi connectivity index (χ3v) is 4.43. The Hall–Kier alpha value is -1.13. The summed E-state index contributed by atoms with van der Waals surface area (Å²) < 4.78 is 5.13. The summed E-state index contributed by atoms with van der Waals surface area (Å²) in [4.78, 5) is 2.29. The minimum Gasteiger partial charge on any atom is -0.383 e. The predicted octanol–water partition coefficient (Wildman–Crippen LogP) is 2.85. The highest BCUT2D eigenvalue weighted by atomic mass is 32.1. The molecule has 1 aliphatic heterocycles. The fourth-order valence-corrected chi connectivity index (χ4v) is 3.27. The van der Waals surface area contributed by atoms with Crippen LogP contribution in [0.1, 0.15) is 25.3 Å². The van der Waals surface area contributed by atoms with E-state index in [9.17, 15) is 0 Å². The van der Waals surface area contributed by atoms with Gasteiger partial charge in [0.1, 0.15) is 0 Å². The molecule has 0 aromatic heterocycles. The molecule has 1 aromatic carbocycles. The maximum Gasteiger partial charge on any atom is 0.169 e. The van der Waals surface area contributed by atoms with E-state index < -0.39 is 0 Å². The number of piperidine rings is 1. The number of thiocarbonyl (C=S) groups is 1. The van der Waals surface area contributed by atoms with Gasteiger partial charge in [0.15, 0.2) is 5.11 Å². The Balaban J connectivity index is 1.74. The van der Waals surface area contributed by atoms with Gasteiger partial charge < -0.3 is 15.0 Å². The van der Waals surface area contributed by atoms with Crippen LogP contribution in [0.25, 0.3) is 0 Å². The predicted molar refractivity (Wildman–Crippen MR) is 91.5 cm³/mol. The van der Waals surface area contributed by atoms with Crippen molar-refractivity contribution >= 4 is 17.3 Å². The lowest BCUT2D eigenvalue weighted by atomic mass is 9.90. The molecule has 1 N–H and O–H groups in total. The van der Waals surface area contributed by atoms with Crippen LogP contribution in [0.15, 0.2) is 30.3 Å². The molecule has 0 radical (unpaired) electrons. The molecular formula is C17H26N2OS. The van der Waals surface area contributed by atoms with E-state index in [0.717, 1.165) is 24.1 Å². The van der Waals surface area contributed by atoms with Crippen molar-refractivity contribution in [1.82, 2.24) is 10.2 Å². The van der Waals surface area contributed by atoms with Gasteiger partial charge in [-0.25, -0.2) is 0 Å². The van der Waals surface area contributed by atoms with Gasteiger partial charge >= 0.3 is 0 Å². The zero-order chi connectivity index (χ0) is 15.1. The fraction of sp³-hybridized carbons (Fsp3) is 0.588. The molecule has 0 amide bonds. The van der Waals surface area contributed by atoms with Gasteiger partial charge in [-0.1, -0.05) is 30.3 Å². The minimum absolute atomic E-state index is 0.268. The van der Waals surface area contributed by atoms with E-state index in [2.05, 4.69) is 47.5 Å². The van der Waals surface area contributed by atoms with E-state index >= 15 is 0 Å². The smallest absolute Gasteiger partial charge is 0.169 e. The summed E-state index contributed by atoms with van der Waals surface area (Å²) >= 11 is 5.49. The molecule has 1 fully saturated rings. The average molecular weight is 306 g/mol. The number of hydrogen-bond donors (Lipinski definition) is 1. The summed E-state index contributed by atoms with van der Waals surface area (Å²) in [6.45, 7) is 4.90. The molecule has 4 heteroatoms. The third kappa shape index (κ3) is 5.29. The zero-order valence-corrected chi connectivity index (χ0v) is 13.9. The highest BCUT2D eigenvalue weighted by molar-refractivity contribution is 7.80. The van der Waals surface area contributed by atoms with Gasteiger partial charge in [-0.3, -0.25) is 0 Å². The van der Waals surface area contributed by atoms with Crippen LogP contribution in [0, 0.1) is 5.92 Å². The first-order valence-electron chi connectivity index (χ1n) is 7.77. The van der Waals surface area contributed by atoms with E-state index in [4.69, 9.17) is 17.0 Å². The highest BCUT2D eigenvalue weighted by Gasteiger charge is 2.21. The van der Waals surface area contributed by atoms with Gasteiger partial charge in [-0.15, -0.1) is 0 Å². The van der Waals surface area contributed by atoms with Crippen LogP contribution in [0.5, 0.6) is 0 Å². The lowest BCUT2D eigenvalue weighted by molar-refractivity contribution is 0.176. The van der Waals surface area contributed by atoms with E-state index in [1.54, 1.807) is 7.11 Å². The van der Waals surface area contributed by atoms with E-state index in [-0.39, 0.29) is 6.04 Å². The summed E-state index contributed by atoms with van der Waals surface area (Å²) in [6, 6.07) is 11.1. The standard InChI is InChI=1S/C17H26N2OS/c1-14(13-20-2)18-17(21)19-10-8-16(9-11-19)12-15-6-4-3-5-7-15/h3-7,14,16H,8-13H2,1-2H3,(H,18,21). The van der Waals surface area contributed by atoms with Gasteiger partial charge in [0.25, 0.3) is 0 Å². The molecule has 116 valence electrons. The second kappa shape index (κ2) is 8.35. The Labute approximate surface area is 133 Å². The van der Waals surface area contributed by atoms with Crippen molar-refractivity contribution in [2.45, 2.75) is 32.2 Å². The SMILES string of the molecule is COCC(C)NC(=S)N1CCC(Cc2ccccc2)CC1. The first kappa shape index (κ1) is 16.2. The molecule has 0 bridgehead atoms. The molecule has 2 rings (SSSR count). The largest absolute Gasteiger partial charge is 0.383 e. The summed E-state index contributed by atoms with van der Waals surface area (Å²) in [6.07, 6.45) is 3.62. The lowest BCUT2D eigenvalue weighted by Gasteiger charge is -2.34. The Morgan fingerprint density at radius 1 is 1.33 bits per heavy atom. The van der Waals surface area contributed by atoms with Crippen LogP contribution in [0.3, 0.4) is 0 Å². The van der Waals surface area contributed by atoms with Crippen molar-refractivity contribution in [2.24, 2.45) is 5.92 Å². The number of nitrogens with one attached hydrogen (secondary N) is 1. The van der Waals surface area contributed by atoms with E-state index in [0.29, 0.717) is 6.61 Å². The monoisotopic (exact) mass is 306 g/mol. The second-order valence-electron chi connectivity index (χ2n) is 5.93. The van der Waals surface area contributed by atoms with Crippen LogP contribution < -0.4 is 5.32 Å². The highest BCUT2D eigenvalue weighted by Crippen LogP contribution is 2.21. The molecule has 0 saturated carbocycles. The number of likely N-dealkylation sites (tertiary alicyclic amines) is 1. The van der Waals surface area contributed by atoms with Crippen molar-refractivity contribution in [3.05, 3.63) is 35.9 Å². The maximum absolute atomic E-state index is 5.49. The number of rotatable bonds is 5. The summed E-state index contributed by atoms with van der Waals surface area (Å²) in [7, 11) is 1.72. The Bertz CT molecular complexity index is 430. The van der Waals surface area contributed by atoms with Crippen molar-refractivity contribution in [3.8, 4) is 0 Å². The van der Waals surface area contributed by atoms with Crippen LogP contribution in [0.2, 0.25) is 0 Å². The number of ether oxygens (including phenoxy) is 1. The Morgan fingerprint density at radius 3 is 2.62 bits per heavy atom. The minimum atomic E-state index is 0.268. The van der Waals surface area contributed by atoms with Gasteiger partial charge in [0, 0.05) is 26.2 Å². The molecule has 0 spiro atoms. The summed E-state index contributed by atoms with van der Waals surface area (Å²) in [5, 5.41) is 4.22. The molecule has 1 aliphatic rings. The molecule has 1 saturated heterocycles. The number of nitrogens with zero attached hydrogens (tertiary/aromatic N) is 1. The molecule has 21 heavy (non-hydrogen) atoms. The fourth-order valence-electron chi connectivity index (χ4n) is 2.88. The quantitative estimate of drug-likeness (QED) is 0.846. The van der Waals surface area contributed by atoms with Gasteiger partial charge in [0.05, 0.1) is 6.61 Å². The first-order valence-corrected chi connectivity index (χ1v) is 8.18. The average Bonchev–Trinajstić information content (AvgIpc) is 2.49. The van der Waals surface area contributed by atoms with Crippen LogP contribution in [-0.4, -0.2) is 42.9 Å². The van der Waals surface area contributed by atoms with Crippen LogP contribution >= 0.6 is 12.2 Å². The third-order valence-electron chi connectivity index (χ3n) is 4.06. The van der Waals surface area contributed by atoms with Crippen LogP contribution in [-0.2, 0) is 11.2 Å². The number of hydrogen-bond acceptors (Lipinski definition) is 2. The second-order valence-corrected chi connectivity index (χ2v) is 6.31. The maximum atomic E-state index is 5.49. The molecule has 0 aliphatic carbocycles. The van der Waals surface area contributed by atoms with Crippen LogP contribution in [0.4, 0.5) is 0 Å². The Morgan fingerprint density at radius 2 is 2.00 bits per heavy atom. The number of benzene rings is 1. The summed E-state index contributed by atoms with van der Waals surface area (Å²) in [5.74, 6) is 0.780. The Kier molecular flexibility index (Phi) is 6.46. The van der Waals surface area contributed by atoms with E-state index in [1.807, 2.05) is 0 Å². The van der Waals surface area contributed by atoms with Gasteiger partial charge in [-0.05, 0) is 49.9 Å². The molecule has 1 unspecified atom stereocenters. The van der Waals surface area contributed by atoms with Crippen molar-refractivity contribution in [1.29, 1.82) is 0 Å². The molecular weight excluding hydrogens is 280 g/mol. The van der Waals surface area contributed by atoms with Crippen molar-refractivity contribution in [2.75, 3.05) is 26.8 Å². The summed E-state index contributed by atoms with van der Waals surface area (Å²) in [5.41, 5.74) is 1.45. The van der Waals surface area contributed by atoms with Gasteiger partial charge in [-0.2, -0.15) is 0 Å². The topological polar surface area (TPSA) is 24.5 Å². The number of methoxy groups -OCH3 is 1. The van der Waals surface area contributed by atoms with Crippen molar-refractivity contribution < 1.29 is 4.74 Å². The normalized spacial score (nSPS) is 17.5. The van der Waals surface area contributed by atoms with E-state index in [1.165, 1.54) is 24.8 Å². The molecule has 1 atom stereocenters. The zero-order valence-electron chi connectivity index (χ0n) is 13.0. The van der Waals surface area contributed by atoms with Gasteiger partial charge in [0.2, 0.25) is 0 Å². The molecule has 1 aromatic rings. The lowest BCUT2D eigenvalue weighted by Crippen LogP contribution is -2.48. The molecule has 1 heterocycles.